The van der Waals surface area contributed by atoms with Crippen molar-refractivity contribution in [3.05, 3.63) is 77.1 Å². The van der Waals surface area contributed by atoms with Crippen LogP contribution >= 0.6 is 0 Å². The number of nitrogens with one attached hydrogen (secondary N) is 4. The van der Waals surface area contributed by atoms with E-state index < -0.39 is 0 Å². The zero-order valence-electron chi connectivity index (χ0n) is 18.1. The van der Waals surface area contributed by atoms with Crippen LogP contribution in [0.2, 0.25) is 0 Å². The number of anilines is 3. The lowest BCUT2D eigenvalue weighted by atomic mass is 9.79. The van der Waals surface area contributed by atoms with E-state index in [0.717, 1.165) is 30.2 Å². The van der Waals surface area contributed by atoms with Gasteiger partial charge in [-0.05, 0) is 41.5 Å². The first-order valence-electron chi connectivity index (χ1n) is 10.4. The summed E-state index contributed by atoms with van der Waals surface area (Å²) in [5.41, 5.74) is 5.61. The van der Waals surface area contributed by atoms with Gasteiger partial charge in [-0.1, -0.05) is 32.0 Å². The van der Waals surface area contributed by atoms with Gasteiger partial charge in [0.15, 0.2) is 0 Å². The summed E-state index contributed by atoms with van der Waals surface area (Å²) in [6, 6.07) is 15.5. The zero-order chi connectivity index (χ0) is 21.8. The maximum Gasteiger partial charge on any atom is 0.257 e. The molecule has 0 unspecified atom stereocenters. The van der Waals surface area contributed by atoms with Gasteiger partial charge in [0.1, 0.15) is 0 Å². The van der Waals surface area contributed by atoms with Crippen molar-refractivity contribution in [2.75, 3.05) is 29.5 Å². The lowest BCUT2D eigenvalue weighted by Crippen LogP contribution is -2.38. The van der Waals surface area contributed by atoms with Crippen molar-refractivity contribution in [1.82, 2.24) is 15.3 Å². The van der Waals surface area contributed by atoms with E-state index in [0.29, 0.717) is 18.1 Å². The van der Waals surface area contributed by atoms with Gasteiger partial charge in [-0.15, -0.1) is 0 Å². The average molecular weight is 417 g/mol. The Kier molecular flexibility index (Phi) is 5.86. The quantitative estimate of drug-likeness (QED) is 0.489. The van der Waals surface area contributed by atoms with Crippen molar-refractivity contribution in [1.29, 1.82) is 0 Å². The van der Waals surface area contributed by atoms with E-state index in [2.05, 4.69) is 57.2 Å². The van der Waals surface area contributed by atoms with Gasteiger partial charge in [0, 0.05) is 43.1 Å². The highest BCUT2D eigenvalue weighted by molar-refractivity contribution is 6.08. The Morgan fingerprint density at radius 2 is 2.00 bits per heavy atom. The van der Waals surface area contributed by atoms with Crippen molar-refractivity contribution < 1.29 is 4.79 Å². The molecular formula is C24H28N6O. The monoisotopic (exact) mass is 416 g/mol. The number of carbonyl (C=O) groups is 1. The number of fused-ring (bicyclic) bond motifs is 1. The predicted molar refractivity (Wildman–Crippen MR) is 124 cm³/mol. The topological polar surface area (TPSA) is 91.0 Å². The number of amides is 1. The number of carbonyl (C=O) groups excluding carboxylic acids is 1. The van der Waals surface area contributed by atoms with Crippen molar-refractivity contribution in [2.45, 2.75) is 32.4 Å². The summed E-state index contributed by atoms with van der Waals surface area (Å²) in [6.07, 6.45) is 1.71. The predicted octanol–water partition coefficient (Wildman–Crippen LogP) is 3.76. The van der Waals surface area contributed by atoms with Crippen LogP contribution in [0.15, 0.2) is 54.7 Å². The molecule has 0 spiro atoms. The van der Waals surface area contributed by atoms with Gasteiger partial charge in [-0.2, -0.15) is 0 Å². The first-order chi connectivity index (χ1) is 15.0. The van der Waals surface area contributed by atoms with Crippen LogP contribution in [0.1, 0.15) is 41.0 Å². The molecule has 0 radical (unpaired) electrons. The third-order valence-corrected chi connectivity index (χ3v) is 5.54. The second-order valence-corrected chi connectivity index (χ2v) is 8.33. The summed E-state index contributed by atoms with van der Waals surface area (Å²) in [5, 5.41) is 12.8. The van der Waals surface area contributed by atoms with Crippen LogP contribution in [0.5, 0.6) is 0 Å². The SMILES string of the molecule is CNc1nccc(CNc2ccccc2C(=O)Nc2ccc3c(c2)CNCC3(C)C)n1. The summed E-state index contributed by atoms with van der Waals surface area (Å²) in [7, 11) is 1.78. The highest BCUT2D eigenvalue weighted by Gasteiger charge is 2.27. The number of para-hydroxylation sites is 1. The Hall–Kier alpha value is -3.45. The van der Waals surface area contributed by atoms with E-state index in [1.807, 2.05) is 36.4 Å². The second-order valence-electron chi connectivity index (χ2n) is 8.33. The van der Waals surface area contributed by atoms with Crippen LogP contribution in [-0.4, -0.2) is 29.5 Å². The number of rotatable bonds is 6. The molecule has 7 nitrogen and oxygen atoms in total. The minimum absolute atomic E-state index is 0.0841. The van der Waals surface area contributed by atoms with Crippen LogP contribution in [0.25, 0.3) is 0 Å². The number of hydrogen-bond donors (Lipinski definition) is 4. The first kappa shape index (κ1) is 20.8. The number of benzene rings is 2. The largest absolute Gasteiger partial charge is 0.379 e. The van der Waals surface area contributed by atoms with E-state index in [1.165, 1.54) is 11.1 Å². The molecule has 0 atom stereocenters. The van der Waals surface area contributed by atoms with Gasteiger partial charge < -0.3 is 21.3 Å². The van der Waals surface area contributed by atoms with Gasteiger partial charge in [-0.3, -0.25) is 4.79 Å². The van der Waals surface area contributed by atoms with E-state index in [4.69, 9.17) is 0 Å². The van der Waals surface area contributed by atoms with Crippen molar-refractivity contribution in [3.8, 4) is 0 Å². The number of hydrogen-bond acceptors (Lipinski definition) is 6. The van der Waals surface area contributed by atoms with Gasteiger partial charge in [0.25, 0.3) is 5.91 Å². The zero-order valence-corrected chi connectivity index (χ0v) is 18.1. The molecule has 7 heteroatoms. The fourth-order valence-corrected chi connectivity index (χ4v) is 3.92. The normalized spacial score (nSPS) is 14.4. The molecule has 0 fully saturated rings. The minimum atomic E-state index is -0.148. The molecule has 4 rings (SSSR count). The lowest BCUT2D eigenvalue weighted by Gasteiger charge is -2.33. The van der Waals surface area contributed by atoms with Gasteiger partial charge in [-0.25, -0.2) is 9.97 Å². The number of nitrogens with zero attached hydrogens (tertiary/aromatic N) is 2. The maximum atomic E-state index is 13.0. The van der Waals surface area contributed by atoms with Crippen LogP contribution in [0.3, 0.4) is 0 Å². The van der Waals surface area contributed by atoms with Crippen LogP contribution < -0.4 is 21.3 Å². The summed E-state index contributed by atoms with van der Waals surface area (Å²) < 4.78 is 0. The second kappa shape index (κ2) is 8.73. The van der Waals surface area contributed by atoms with Gasteiger partial charge >= 0.3 is 0 Å². The third kappa shape index (κ3) is 4.67. The molecule has 4 N–H and O–H groups in total. The molecule has 160 valence electrons. The molecule has 1 aliphatic rings. The molecule has 0 bridgehead atoms. The van der Waals surface area contributed by atoms with E-state index in [-0.39, 0.29) is 11.3 Å². The van der Waals surface area contributed by atoms with E-state index in [9.17, 15) is 4.79 Å². The molecular weight excluding hydrogens is 388 g/mol. The van der Waals surface area contributed by atoms with E-state index in [1.54, 1.807) is 13.2 Å². The molecule has 1 aromatic heterocycles. The summed E-state index contributed by atoms with van der Waals surface area (Å²) in [4.78, 5) is 21.6. The Morgan fingerprint density at radius 3 is 2.84 bits per heavy atom. The number of aromatic nitrogens is 2. The molecule has 0 aliphatic carbocycles. The minimum Gasteiger partial charge on any atom is -0.379 e. The lowest BCUT2D eigenvalue weighted by molar-refractivity contribution is 0.102. The van der Waals surface area contributed by atoms with Crippen molar-refractivity contribution >= 4 is 23.2 Å². The molecule has 2 aromatic carbocycles. The third-order valence-electron chi connectivity index (χ3n) is 5.54. The standard InChI is InChI=1S/C24H28N6O/c1-24(2)15-26-13-16-12-17(8-9-20(16)24)29-22(31)19-6-4-5-7-21(19)28-14-18-10-11-27-23(25-3)30-18/h4-12,26,28H,13-15H2,1-3H3,(H,29,31)(H,25,27,30). The summed E-state index contributed by atoms with van der Waals surface area (Å²) in [5.74, 6) is 0.417. The average Bonchev–Trinajstić information content (AvgIpc) is 2.77. The molecule has 31 heavy (non-hydrogen) atoms. The molecule has 0 saturated heterocycles. The fourth-order valence-electron chi connectivity index (χ4n) is 3.92. The molecule has 3 aromatic rings. The molecule has 0 saturated carbocycles. The maximum absolute atomic E-state index is 13.0. The van der Waals surface area contributed by atoms with Crippen LogP contribution in [0.4, 0.5) is 17.3 Å². The highest BCUT2D eigenvalue weighted by Crippen LogP contribution is 2.31. The van der Waals surface area contributed by atoms with Crippen LogP contribution in [0, 0.1) is 0 Å². The Balaban J connectivity index is 1.49. The Labute approximate surface area is 182 Å². The van der Waals surface area contributed by atoms with Crippen LogP contribution in [-0.2, 0) is 18.5 Å². The Morgan fingerprint density at radius 1 is 1.16 bits per heavy atom. The summed E-state index contributed by atoms with van der Waals surface area (Å²) in [6.45, 7) is 6.72. The smallest absolute Gasteiger partial charge is 0.257 e. The molecule has 2 heterocycles. The molecule has 1 aliphatic heterocycles. The van der Waals surface area contributed by atoms with Crippen molar-refractivity contribution in [2.24, 2.45) is 0 Å². The van der Waals surface area contributed by atoms with E-state index >= 15 is 0 Å². The molecule has 1 amide bonds. The van der Waals surface area contributed by atoms with Gasteiger partial charge in [0.2, 0.25) is 5.95 Å². The Bertz CT molecular complexity index is 1090. The summed E-state index contributed by atoms with van der Waals surface area (Å²) >= 11 is 0. The highest BCUT2D eigenvalue weighted by atomic mass is 16.1. The van der Waals surface area contributed by atoms with Gasteiger partial charge in [0.05, 0.1) is 17.8 Å². The van der Waals surface area contributed by atoms with Crippen molar-refractivity contribution in [3.63, 3.8) is 0 Å². The first-order valence-corrected chi connectivity index (χ1v) is 10.4. The fraction of sp³-hybridized carbons (Fsp3) is 0.292.